The van der Waals surface area contributed by atoms with Crippen LogP contribution in [0.5, 0.6) is 5.75 Å². The topological polar surface area (TPSA) is 58.6 Å². The summed E-state index contributed by atoms with van der Waals surface area (Å²) in [5, 5.41) is 15.7. The fraction of sp³-hybridized carbons (Fsp3) is 0.0800. The summed E-state index contributed by atoms with van der Waals surface area (Å²) >= 11 is 12.6. The highest BCUT2D eigenvalue weighted by molar-refractivity contribution is 6.35. The van der Waals surface area contributed by atoms with Crippen LogP contribution in [0, 0.1) is 0 Å². The number of ether oxygens (including phenoxy) is 1. The Bertz CT molecular complexity index is 1220. The first-order chi connectivity index (χ1) is 15.0. The molecule has 0 atom stereocenters. The van der Waals surface area contributed by atoms with Gasteiger partial charge in [0.25, 0.3) is 0 Å². The molecule has 4 aromatic rings. The molecule has 0 aromatic heterocycles. The molecule has 31 heavy (non-hydrogen) atoms. The maximum absolute atomic E-state index is 11.1. The summed E-state index contributed by atoms with van der Waals surface area (Å²) in [4.78, 5) is 11.1. The summed E-state index contributed by atoms with van der Waals surface area (Å²) in [5.74, 6) is -0.223. The highest BCUT2D eigenvalue weighted by atomic mass is 35.5. The first-order valence-electron chi connectivity index (χ1n) is 9.66. The zero-order valence-electron chi connectivity index (χ0n) is 16.4. The largest absolute Gasteiger partial charge is 0.488 e. The van der Waals surface area contributed by atoms with E-state index in [0.717, 1.165) is 33.3 Å². The Hall–Kier alpha value is -3.21. The Morgan fingerprint density at radius 1 is 0.839 bits per heavy atom. The third-order valence-corrected chi connectivity index (χ3v) is 5.74. The summed E-state index contributed by atoms with van der Waals surface area (Å²) in [5.41, 5.74) is 2.79. The fourth-order valence-corrected chi connectivity index (χ4v) is 3.88. The number of anilines is 1. The van der Waals surface area contributed by atoms with Gasteiger partial charge >= 0.3 is 5.97 Å². The standard InChI is InChI=1S/C25H19Cl2NO3/c26-22-6-3-7-23(27)21(22)15-31-24-13-10-16-4-1-2-5-19(16)20(24)14-28-18-11-8-17(9-12-18)25(29)30/h1-13,28H,14-15H2,(H,29,30). The van der Waals surface area contributed by atoms with Crippen LogP contribution in [0.4, 0.5) is 5.69 Å². The first-order valence-corrected chi connectivity index (χ1v) is 10.4. The molecule has 4 nitrogen and oxygen atoms in total. The minimum absolute atomic E-state index is 0.247. The highest BCUT2D eigenvalue weighted by Crippen LogP contribution is 2.31. The van der Waals surface area contributed by atoms with Crippen molar-refractivity contribution in [2.24, 2.45) is 0 Å². The third kappa shape index (κ3) is 4.76. The molecule has 0 saturated carbocycles. The number of hydrogen-bond acceptors (Lipinski definition) is 3. The number of carboxylic acids is 1. The predicted molar refractivity (Wildman–Crippen MR) is 125 cm³/mol. The SMILES string of the molecule is O=C(O)c1ccc(NCc2c(OCc3c(Cl)cccc3Cl)ccc3ccccc23)cc1. The number of nitrogens with one attached hydrogen (secondary N) is 1. The van der Waals surface area contributed by atoms with Gasteiger partial charge in [0.1, 0.15) is 12.4 Å². The highest BCUT2D eigenvalue weighted by Gasteiger charge is 2.12. The lowest BCUT2D eigenvalue weighted by molar-refractivity contribution is 0.0697. The summed E-state index contributed by atoms with van der Waals surface area (Å²) < 4.78 is 6.15. The molecule has 0 heterocycles. The smallest absolute Gasteiger partial charge is 0.335 e. The van der Waals surface area contributed by atoms with Crippen molar-refractivity contribution in [2.75, 3.05) is 5.32 Å². The van der Waals surface area contributed by atoms with Crippen molar-refractivity contribution >= 4 is 45.6 Å². The van der Waals surface area contributed by atoms with E-state index in [1.807, 2.05) is 24.3 Å². The second-order valence-electron chi connectivity index (χ2n) is 6.99. The molecule has 0 fully saturated rings. The van der Waals surface area contributed by atoms with Crippen LogP contribution in [0.15, 0.2) is 78.9 Å². The number of aromatic carboxylic acids is 1. The minimum atomic E-state index is -0.950. The van der Waals surface area contributed by atoms with Gasteiger partial charge in [-0.25, -0.2) is 4.79 Å². The zero-order valence-corrected chi connectivity index (χ0v) is 18.0. The second kappa shape index (κ2) is 9.29. The van der Waals surface area contributed by atoms with E-state index in [2.05, 4.69) is 17.4 Å². The average Bonchev–Trinajstić information content (AvgIpc) is 2.78. The molecule has 0 aliphatic heterocycles. The molecule has 4 rings (SSSR count). The maximum atomic E-state index is 11.1. The Labute approximate surface area is 190 Å². The van der Waals surface area contributed by atoms with Crippen LogP contribution in [0.2, 0.25) is 10.0 Å². The van der Waals surface area contributed by atoms with Crippen LogP contribution in [0.3, 0.4) is 0 Å². The number of rotatable bonds is 7. The van der Waals surface area contributed by atoms with E-state index in [0.29, 0.717) is 16.6 Å². The molecular weight excluding hydrogens is 433 g/mol. The van der Waals surface area contributed by atoms with Gasteiger partial charge in [0, 0.05) is 33.4 Å². The van der Waals surface area contributed by atoms with E-state index in [4.69, 9.17) is 33.0 Å². The van der Waals surface area contributed by atoms with Crippen LogP contribution in [0.25, 0.3) is 10.8 Å². The van der Waals surface area contributed by atoms with E-state index >= 15 is 0 Å². The van der Waals surface area contributed by atoms with E-state index in [9.17, 15) is 4.79 Å². The number of hydrogen-bond donors (Lipinski definition) is 2. The van der Waals surface area contributed by atoms with E-state index in [1.54, 1.807) is 42.5 Å². The molecule has 0 saturated heterocycles. The Kier molecular flexibility index (Phi) is 6.31. The maximum Gasteiger partial charge on any atom is 0.335 e. The summed E-state index contributed by atoms with van der Waals surface area (Å²) in [7, 11) is 0. The van der Waals surface area contributed by atoms with Crippen molar-refractivity contribution in [2.45, 2.75) is 13.2 Å². The Balaban J connectivity index is 1.61. The van der Waals surface area contributed by atoms with Gasteiger partial charge in [-0.2, -0.15) is 0 Å². The average molecular weight is 452 g/mol. The molecule has 4 aromatic carbocycles. The van der Waals surface area contributed by atoms with Crippen molar-refractivity contribution in [3.63, 3.8) is 0 Å². The molecule has 0 amide bonds. The third-order valence-electron chi connectivity index (χ3n) is 5.03. The van der Waals surface area contributed by atoms with Gasteiger partial charge in [0.15, 0.2) is 0 Å². The number of halogens is 2. The van der Waals surface area contributed by atoms with E-state index in [-0.39, 0.29) is 12.2 Å². The summed E-state index contributed by atoms with van der Waals surface area (Å²) in [6.07, 6.45) is 0. The number of fused-ring (bicyclic) bond motifs is 1. The number of carbonyl (C=O) groups is 1. The normalized spacial score (nSPS) is 10.8. The predicted octanol–water partition coefficient (Wildman–Crippen LogP) is 7.04. The van der Waals surface area contributed by atoms with Crippen LogP contribution in [0.1, 0.15) is 21.5 Å². The summed E-state index contributed by atoms with van der Waals surface area (Å²) in [6.45, 7) is 0.747. The lowest BCUT2D eigenvalue weighted by Crippen LogP contribution is -2.05. The monoisotopic (exact) mass is 451 g/mol. The molecule has 6 heteroatoms. The minimum Gasteiger partial charge on any atom is -0.488 e. The second-order valence-corrected chi connectivity index (χ2v) is 7.80. The number of benzene rings is 4. The van der Waals surface area contributed by atoms with Crippen molar-refractivity contribution in [1.82, 2.24) is 0 Å². The van der Waals surface area contributed by atoms with E-state index in [1.165, 1.54) is 0 Å². The first kappa shape index (κ1) is 21.0. The van der Waals surface area contributed by atoms with Gasteiger partial charge in [-0.05, 0) is 53.2 Å². The van der Waals surface area contributed by atoms with Gasteiger partial charge in [0.2, 0.25) is 0 Å². The fourth-order valence-electron chi connectivity index (χ4n) is 3.37. The van der Waals surface area contributed by atoms with Crippen LogP contribution >= 0.6 is 23.2 Å². The van der Waals surface area contributed by atoms with Gasteiger partial charge in [-0.15, -0.1) is 0 Å². The van der Waals surface area contributed by atoms with Crippen LogP contribution in [-0.2, 0) is 13.2 Å². The molecule has 156 valence electrons. The quantitative estimate of drug-likeness (QED) is 0.316. The van der Waals surface area contributed by atoms with Gasteiger partial charge < -0.3 is 15.2 Å². The van der Waals surface area contributed by atoms with E-state index < -0.39 is 5.97 Å². The van der Waals surface area contributed by atoms with Gasteiger partial charge in [-0.1, -0.05) is 59.6 Å². The molecule has 2 N–H and O–H groups in total. The van der Waals surface area contributed by atoms with Crippen molar-refractivity contribution in [1.29, 1.82) is 0 Å². The lowest BCUT2D eigenvalue weighted by atomic mass is 10.0. The Morgan fingerprint density at radius 3 is 2.26 bits per heavy atom. The van der Waals surface area contributed by atoms with Gasteiger partial charge in [0.05, 0.1) is 5.56 Å². The van der Waals surface area contributed by atoms with Crippen LogP contribution < -0.4 is 10.1 Å². The van der Waals surface area contributed by atoms with Crippen molar-refractivity contribution < 1.29 is 14.6 Å². The molecule has 0 bridgehead atoms. The molecule has 0 unspecified atom stereocenters. The zero-order chi connectivity index (χ0) is 21.8. The summed E-state index contributed by atoms with van der Waals surface area (Å²) in [6, 6.07) is 24.1. The molecule has 0 spiro atoms. The van der Waals surface area contributed by atoms with Crippen molar-refractivity contribution in [3.05, 3.63) is 106 Å². The molecule has 0 aliphatic rings. The Morgan fingerprint density at radius 2 is 1.55 bits per heavy atom. The molecular formula is C25H19Cl2NO3. The van der Waals surface area contributed by atoms with Gasteiger partial charge in [-0.3, -0.25) is 0 Å². The molecule has 0 radical (unpaired) electrons. The lowest BCUT2D eigenvalue weighted by Gasteiger charge is -2.16. The molecule has 0 aliphatic carbocycles. The van der Waals surface area contributed by atoms with Crippen LogP contribution in [-0.4, -0.2) is 11.1 Å². The van der Waals surface area contributed by atoms with Crippen molar-refractivity contribution in [3.8, 4) is 5.75 Å². The number of carboxylic acid groups (broad SMARTS) is 1.